The molecule has 0 N–H and O–H groups in total. The Kier molecular flexibility index (Phi) is 7.15. The van der Waals surface area contributed by atoms with Crippen LogP contribution in [0.4, 0.5) is 0 Å². The largest absolute Gasteiger partial charge is 0.451 e. The second-order valence-corrected chi connectivity index (χ2v) is 9.49. The fraction of sp³-hybridized carbons (Fsp3) is 0.750. The maximum atomic E-state index is 10.3. The van der Waals surface area contributed by atoms with Gasteiger partial charge in [0.2, 0.25) is 0 Å². The van der Waals surface area contributed by atoms with E-state index < -0.39 is 8.07 Å². The third kappa shape index (κ3) is 9.55. The van der Waals surface area contributed by atoms with Crippen LogP contribution in [0.2, 0.25) is 19.6 Å². The van der Waals surface area contributed by atoms with Crippen molar-refractivity contribution in [1.82, 2.24) is 0 Å². The highest BCUT2D eigenvalue weighted by Crippen LogP contribution is 2.06. The highest BCUT2D eigenvalue weighted by Gasteiger charge is 2.10. The zero-order valence-corrected chi connectivity index (χ0v) is 11.3. The Hall–Kier alpha value is -0.753. The van der Waals surface area contributed by atoms with E-state index in [0.717, 1.165) is 12.8 Å². The summed E-state index contributed by atoms with van der Waals surface area (Å²) in [6, 6.07) is 0. The van der Waals surface area contributed by atoms with Crippen LogP contribution in [0.3, 0.4) is 0 Å². The molecule has 0 bridgehead atoms. The topological polar surface area (TPSA) is 26.3 Å². The Bertz CT molecular complexity index is 232. The minimum absolute atomic E-state index is 0.194. The van der Waals surface area contributed by atoms with E-state index in [1.807, 2.05) is 0 Å². The predicted octanol–water partition coefficient (Wildman–Crippen LogP) is 2.99. The maximum absolute atomic E-state index is 10.3. The summed E-state index contributed by atoms with van der Waals surface area (Å²) in [5.74, 6) is 3.08. The average molecular weight is 226 g/mol. The Morgan fingerprint density at radius 2 is 2.00 bits per heavy atom. The smallest absolute Gasteiger partial charge is 0.294 e. The first kappa shape index (κ1) is 14.2. The second kappa shape index (κ2) is 7.53. The molecule has 15 heavy (non-hydrogen) atoms. The van der Waals surface area contributed by atoms with Gasteiger partial charge in [0.05, 0.1) is 0 Å². The normalized spacial score (nSPS) is 12.5. The molecule has 0 unspecified atom stereocenters. The second-order valence-electron chi connectivity index (χ2n) is 4.74. The van der Waals surface area contributed by atoms with Gasteiger partial charge in [0, 0.05) is 0 Å². The van der Waals surface area contributed by atoms with Gasteiger partial charge in [-0.25, -0.2) is 0 Å². The van der Waals surface area contributed by atoms with Crippen molar-refractivity contribution in [3.8, 4) is 11.5 Å². The van der Waals surface area contributed by atoms with Gasteiger partial charge >= 0.3 is 0 Å². The standard InChI is InChI=1S/C12H22O2Si/c1-5-6-7-8-12(14-11-13)9-10-15(2,3)4/h11-12H,5-8H2,1-4H3/t12-/m1/s1. The van der Waals surface area contributed by atoms with Crippen molar-refractivity contribution in [2.24, 2.45) is 0 Å². The quantitative estimate of drug-likeness (QED) is 0.301. The summed E-state index contributed by atoms with van der Waals surface area (Å²) in [5.41, 5.74) is 3.24. The molecular formula is C12H22O2Si. The molecule has 0 aliphatic rings. The number of ether oxygens (including phenoxy) is 1. The van der Waals surface area contributed by atoms with E-state index in [2.05, 4.69) is 38.0 Å². The highest BCUT2D eigenvalue weighted by atomic mass is 28.3. The van der Waals surface area contributed by atoms with Crippen molar-refractivity contribution >= 4 is 14.5 Å². The van der Waals surface area contributed by atoms with Gasteiger partial charge in [-0.3, -0.25) is 4.79 Å². The van der Waals surface area contributed by atoms with Crippen molar-refractivity contribution in [1.29, 1.82) is 0 Å². The minimum atomic E-state index is -1.35. The van der Waals surface area contributed by atoms with E-state index in [4.69, 9.17) is 4.74 Å². The lowest BCUT2D eigenvalue weighted by molar-refractivity contribution is -0.131. The summed E-state index contributed by atoms with van der Waals surface area (Å²) in [6.07, 6.45) is 4.10. The van der Waals surface area contributed by atoms with Gasteiger partial charge in [-0.15, -0.1) is 5.54 Å². The summed E-state index contributed by atoms with van der Waals surface area (Å²) in [6.45, 7) is 9.22. The molecule has 3 heteroatoms. The Balaban J connectivity index is 4.12. The van der Waals surface area contributed by atoms with Crippen molar-refractivity contribution in [2.45, 2.75) is 58.4 Å². The van der Waals surface area contributed by atoms with Crippen molar-refractivity contribution in [2.75, 3.05) is 0 Å². The number of carbonyl (C=O) groups is 1. The summed E-state index contributed by atoms with van der Waals surface area (Å²) < 4.78 is 4.95. The zero-order valence-electron chi connectivity index (χ0n) is 10.3. The third-order valence-electron chi connectivity index (χ3n) is 1.90. The molecule has 0 aromatic heterocycles. The zero-order chi connectivity index (χ0) is 11.7. The van der Waals surface area contributed by atoms with Crippen LogP contribution in [0.5, 0.6) is 0 Å². The summed E-state index contributed by atoms with van der Waals surface area (Å²) in [4.78, 5) is 10.3. The van der Waals surface area contributed by atoms with E-state index in [-0.39, 0.29) is 6.10 Å². The van der Waals surface area contributed by atoms with Gasteiger partial charge in [0.15, 0.2) is 6.10 Å². The molecule has 0 fully saturated rings. The number of unbranched alkanes of at least 4 members (excludes halogenated alkanes) is 2. The minimum Gasteiger partial charge on any atom is -0.451 e. The number of hydrogen-bond acceptors (Lipinski definition) is 2. The maximum Gasteiger partial charge on any atom is 0.294 e. The van der Waals surface area contributed by atoms with Gasteiger partial charge in [-0.2, -0.15) is 0 Å². The highest BCUT2D eigenvalue weighted by molar-refractivity contribution is 6.83. The number of hydrogen-bond donors (Lipinski definition) is 0. The van der Waals surface area contributed by atoms with Crippen LogP contribution in [-0.4, -0.2) is 20.7 Å². The molecule has 0 aromatic rings. The third-order valence-corrected chi connectivity index (χ3v) is 2.79. The molecule has 0 amide bonds. The van der Waals surface area contributed by atoms with Gasteiger partial charge in [0.25, 0.3) is 6.47 Å². The molecule has 0 aromatic carbocycles. The van der Waals surface area contributed by atoms with Crippen molar-refractivity contribution in [3.63, 3.8) is 0 Å². The molecule has 86 valence electrons. The van der Waals surface area contributed by atoms with E-state index in [9.17, 15) is 4.79 Å². The molecule has 1 atom stereocenters. The van der Waals surface area contributed by atoms with Crippen LogP contribution in [0, 0.1) is 11.5 Å². The van der Waals surface area contributed by atoms with E-state index in [1.54, 1.807) is 0 Å². The van der Waals surface area contributed by atoms with Crippen molar-refractivity contribution < 1.29 is 9.53 Å². The first-order valence-corrected chi connectivity index (χ1v) is 9.11. The van der Waals surface area contributed by atoms with Crippen molar-refractivity contribution in [3.05, 3.63) is 0 Å². The molecule has 0 saturated carbocycles. The lowest BCUT2D eigenvalue weighted by Crippen LogP contribution is -2.18. The Labute approximate surface area is 94.4 Å². The number of carbonyl (C=O) groups excluding carboxylic acids is 1. The predicted molar refractivity (Wildman–Crippen MR) is 66.2 cm³/mol. The van der Waals surface area contributed by atoms with Gasteiger partial charge in [-0.05, 0) is 12.8 Å². The molecule has 0 aliphatic heterocycles. The van der Waals surface area contributed by atoms with Crippen LogP contribution in [-0.2, 0) is 9.53 Å². The fourth-order valence-electron chi connectivity index (χ4n) is 1.12. The van der Waals surface area contributed by atoms with Crippen LogP contribution >= 0.6 is 0 Å². The van der Waals surface area contributed by atoms with Crippen LogP contribution in [0.1, 0.15) is 32.6 Å². The first-order chi connectivity index (χ1) is 6.99. The fourth-order valence-corrected chi connectivity index (χ4v) is 1.71. The summed E-state index contributed by atoms with van der Waals surface area (Å²) in [5, 5.41) is 0. The van der Waals surface area contributed by atoms with Crippen LogP contribution in [0.15, 0.2) is 0 Å². The molecule has 2 nitrogen and oxygen atoms in total. The SMILES string of the molecule is CCCCC[C@H](C#C[Si](C)(C)C)OC=O. The first-order valence-electron chi connectivity index (χ1n) is 5.61. The molecule has 0 aliphatic carbocycles. The Morgan fingerprint density at radius 1 is 1.33 bits per heavy atom. The Morgan fingerprint density at radius 3 is 2.47 bits per heavy atom. The van der Waals surface area contributed by atoms with E-state index >= 15 is 0 Å². The average Bonchev–Trinajstić information content (AvgIpc) is 2.13. The van der Waals surface area contributed by atoms with E-state index in [0.29, 0.717) is 6.47 Å². The van der Waals surface area contributed by atoms with Crippen LogP contribution < -0.4 is 0 Å². The molecular weight excluding hydrogens is 204 g/mol. The summed E-state index contributed by atoms with van der Waals surface area (Å²) >= 11 is 0. The number of rotatable bonds is 6. The van der Waals surface area contributed by atoms with Crippen LogP contribution in [0.25, 0.3) is 0 Å². The van der Waals surface area contributed by atoms with E-state index in [1.165, 1.54) is 12.8 Å². The molecule has 0 heterocycles. The molecule has 0 spiro atoms. The molecule has 0 saturated heterocycles. The van der Waals surface area contributed by atoms with Gasteiger partial charge < -0.3 is 4.74 Å². The lowest BCUT2D eigenvalue weighted by atomic mass is 10.1. The molecule has 0 radical (unpaired) electrons. The monoisotopic (exact) mass is 226 g/mol. The summed E-state index contributed by atoms with van der Waals surface area (Å²) in [7, 11) is -1.35. The lowest BCUT2D eigenvalue weighted by Gasteiger charge is -2.10. The van der Waals surface area contributed by atoms with Gasteiger partial charge in [-0.1, -0.05) is 45.3 Å². The van der Waals surface area contributed by atoms with Gasteiger partial charge in [0.1, 0.15) is 8.07 Å². The molecule has 0 rings (SSSR count).